The second-order valence-corrected chi connectivity index (χ2v) is 5.18. The van der Waals surface area contributed by atoms with Crippen molar-refractivity contribution in [2.24, 2.45) is 0 Å². The first-order valence-electron chi connectivity index (χ1n) is 5.88. The quantitative estimate of drug-likeness (QED) is 0.805. The minimum Gasteiger partial charge on any atom is -0.362 e. The summed E-state index contributed by atoms with van der Waals surface area (Å²) in [6.45, 7) is 1.82. The lowest BCUT2D eigenvalue weighted by molar-refractivity contribution is -0.141. The van der Waals surface area contributed by atoms with Crippen LogP contribution in [0.15, 0.2) is 24.1 Å². The van der Waals surface area contributed by atoms with Crippen molar-refractivity contribution < 1.29 is 13.2 Å². The van der Waals surface area contributed by atoms with Gasteiger partial charge in [-0.3, -0.25) is 4.98 Å². The van der Waals surface area contributed by atoms with Crippen LogP contribution in [0, 0.1) is 0 Å². The Balaban J connectivity index is 2.02. The van der Waals surface area contributed by atoms with Gasteiger partial charge in [0.15, 0.2) is 5.69 Å². The normalized spacial score (nSPS) is 13.5. The number of hydrogen-bond acceptors (Lipinski definition) is 6. The minimum atomic E-state index is -4.54. The van der Waals surface area contributed by atoms with Crippen molar-refractivity contribution in [2.75, 3.05) is 5.32 Å². The summed E-state index contributed by atoms with van der Waals surface area (Å²) in [6.07, 6.45) is -1.73. The van der Waals surface area contributed by atoms with Gasteiger partial charge in [0.05, 0.1) is 11.6 Å². The Hall–Kier alpha value is -2.23. The second kappa shape index (κ2) is 4.95. The largest absolute Gasteiger partial charge is 0.433 e. The lowest BCUT2D eigenvalue weighted by Gasteiger charge is -2.15. The maximum atomic E-state index is 12.9. The van der Waals surface area contributed by atoms with E-state index in [1.807, 2.05) is 6.92 Å². The summed E-state index contributed by atoms with van der Waals surface area (Å²) in [4.78, 5) is 12.0. The molecule has 3 aromatic rings. The van der Waals surface area contributed by atoms with Crippen LogP contribution in [0.1, 0.15) is 23.5 Å². The van der Waals surface area contributed by atoms with Crippen LogP contribution in [-0.4, -0.2) is 24.6 Å². The van der Waals surface area contributed by atoms with Crippen molar-refractivity contribution in [2.45, 2.75) is 19.1 Å². The number of alkyl halides is 3. The SMILES string of the molecule is C[C@H](Nc1cc(C(F)(F)F)nc2ncnn12)c1cncs1. The van der Waals surface area contributed by atoms with Crippen LogP contribution in [0.25, 0.3) is 5.78 Å². The molecule has 6 nitrogen and oxygen atoms in total. The van der Waals surface area contributed by atoms with E-state index in [1.165, 1.54) is 15.9 Å². The first-order chi connectivity index (χ1) is 9.95. The molecule has 3 heterocycles. The van der Waals surface area contributed by atoms with E-state index >= 15 is 0 Å². The highest BCUT2D eigenvalue weighted by atomic mass is 32.1. The molecule has 0 saturated carbocycles. The summed E-state index contributed by atoms with van der Waals surface area (Å²) in [5, 5.41) is 6.85. The molecule has 0 spiro atoms. The Morgan fingerprint density at radius 2 is 2.19 bits per heavy atom. The Labute approximate surface area is 120 Å². The van der Waals surface area contributed by atoms with E-state index in [0.717, 1.165) is 17.3 Å². The van der Waals surface area contributed by atoms with Gasteiger partial charge in [0.1, 0.15) is 12.1 Å². The zero-order valence-electron chi connectivity index (χ0n) is 10.7. The van der Waals surface area contributed by atoms with Gasteiger partial charge in [-0.15, -0.1) is 11.3 Å². The van der Waals surface area contributed by atoms with Crippen LogP contribution in [0.4, 0.5) is 19.0 Å². The molecule has 0 bridgehead atoms. The summed E-state index contributed by atoms with van der Waals surface area (Å²) in [5.74, 6) is 0.0644. The van der Waals surface area contributed by atoms with Gasteiger partial charge in [0, 0.05) is 17.1 Å². The Bertz CT molecular complexity index is 751. The lowest BCUT2D eigenvalue weighted by atomic mass is 10.3. The van der Waals surface area contributed by atoms with E-state index in [-0.39, 0.29) is 17.6 Å². The zero-order valence-corrected chi connectivity index (χ0v) is 11.5. The van der Waals surface area contributed by atoms with Gasteiger partial charge in [-0.2, -0.15) is 27.8 Å². The third-order valence-corrected chi connectivity index (χ3v) is 3.74. The number of nitrogens with zero attached hydrogens (tertiary/aromatic N) is 5. The van der Waals surface area contributed by atoms with Gasteiger partial charge in [0.2, 0.25) is 0 Å². The van der Waals surface area contributed by atoms with E-state index in [4.69, 9.17) is 0 Å². The van der Waals surface area contributed by atoms with Crippen molar-refractivity contribution in [1.29, 1.82) is 0 Å². The van der Waals surface area contributed by atoms with E-state index < -0.39 is 11.9 Å². The second-order valence-electron chi connectivity index (χ2n) is 4.27. The third kappa shape index (κ3) is 2.66. The van der Waals surface area contributed by atoms with Crippen LogP contribution in [-0.2, 0) is 6.18 Å². The molecule has 0 amide bonds. The van der Waals surface area contributed by atoms with E-state index in [2.05, 4.69) is 25.4 Å². The molecule has 0 saturated heterocycles. The first-order valence-corrected chi connectivity index (χ1v) is 6.76. The van der Waals surface area contributed by atoms with Gasteiger partial charge in [-0.05, 0) is 6.92 Å². The Kier molecular flexibility index (Phi) is 3.24. The summed E-state index contributed by atoms with van der Waals surface area (Å²) in [7, 11) is 0. The topological polar surface area (TPSA) is 68.0 Å². The molecule has 3 rings (SSSR count). The number of anilines is 1. The van der Waals surface area contributed by atoms with Gasteiger partial charge in [-0.1, -0.05) is 0 Å². The number of rotatable bonds is 3. The molecule has 110 valence electrons. The average molecular weight is 314 g/mol. The molecule has 1 N–H and O–H groups in total. The standard InChI is InChI=1S/C11H9F3N6S/c1-6(7-3-15-5-21-7)18-9-2-8(11(12,13)14)19-10-16-4-17-20(9)10/h2-6,18H,1H3/t6-/m0/s1. The smallest absolute Gasteiger partial charge is 0.362 e. The average Bonchev–Trinajstić information content (AvgIpc) is 3.08. The predicted octanol–water partition coefficient (Wildman–Crippen LogP) is 2.77. The molecule has 10 heteroatoms. The summed E-state index contributed by atoms with van der Waals surface area (Å²) < 4.78 is 39.8. The van der Waals surface area contributed by atoms with E-state index in [1.54, 1.807) is 11.7 Å². The predicted molar refractivity (Wildman–Crippen MR) is 69.9 cm³/mol. The summed E-state index contributed by atoms with van der Waals surface area (Å²) in [6, 6.07) is 0.701. The highest BCUT2D eigenvalue weighted by Gasteiger charge is 2.34. The van der Waals surface area contributed by atoms with Crippen molar-refractivity contribution in [3.8, 4) is 0 Å². The molecule has 0 aliphatic rings. The fraction of sp³-hybridized carbons (Fsp3) is 0.273. The van der Waals surface area contributed by atoms with Crippen molar-refractivity contribution in [1.82, 2.24) is 24.6 Å². The van der Waals surface area contributed by atoms with Gasteiger partial charge in [-0.25, -0.2) is 4.98 Å². The van der Waals surface area contributed by atoms with Crippen molar-refractivity contribution in [3.63, 3.8) is 0 Å². The van der Waals surface area contributed by atoms with Gasteiger partial charge in [0.25, 0.3) is 5.78 Å². The number of thiazole rings is 1. The summed E-state index contributed by atoms with van der Waals surface area (Å²) in [5.41, 5.74) is 0.647. The molecule has 0 fully saturated rings. The Morgan fingerprint density at radius 1 is 1.38 bits per heavy atom. The molecule has 0 radical (unpaired) electrons. The maximum Gasteiger partial charge on any atom is 0.433 e. The van der Waals surface area contributed by atoms with Crippen LogP contribution in [0.5, 0.6) is 0 Å². The fourth-order valence-corrected chi connectivity index (χ4v) is 2.42. The molecule has 3 aromatic heterocycles. The third-order valence-electron chi connectivity index (χ3n) is 2.78. The number of nitrogens with one attached hydrogen (secondary N) is 1. The maximum absolute atomic E-state index is 12.9. The number of hydrogen-bond donors (Lipinski definition) is 1. The van der Waals surface area contributed by atoms with E-state index in [9.17, 15) is 13.2 Å². The van der Waals surface area contributed by atoms with Crippen molar-refractivity contribution in [3.05, 3.63) is 34.7 Å². The van der Waals surface area contributed by atoms with Crippen LogP contribution < -0.4 is 5.32 Å². The van der Waals surface area contributed by atoms with Gasteiger partial charge < -0.3 is 5.32 Å². The van der Waals surface area contributed by atoms with Crippen LogP contribution >= 0.6 is 11.3 Å². The fourth-order valence-electron chi connectivity index (χ4n) is 1.79. The molecule has 0 unspecified atom stereocenters. The summed E-state index contributed by atoms with van der Waals surface area (Å²) >= 11 is 1.41. The molecular weight excluding hydrogens is 305 g/mol. The minimum absolute atomic E-state index is 0.108. The number of aromatic nitrogens is 5. The molecule has 0 aliphatic heterocycles. The highest BCUT2D eigenvalue weighted by molar-refractivity contribution is 7.09. The first kappa shape index (κ1) is 13.7. The van der Waals surface area contributed by atoms with Gasteiger partial charge >= 0.3 is 6.18 Å². The molecule has 1 atom stereocenters. The van der Waals surface area contributed by atoms with Crippen molar-refractivity contribution >= 4 is 22.9 Å². The molecular formula is C11H9F3N6S. The molecule has 0 aliphatic carbocycles. The molecule has 0 aromatic carbocycles. The van der Waals surface area contributed by atoms with Crippen LogP contribution in [0.2, 0.25) is 0 Å². The highest BCUT2D eigenvalue weighted by Crippen LogP contribution is 2.30. The lowest BCUT2D eigenvalue weighted by Crippen LogP contribution is -2.14. The number of halogens is 3. The number of fused-ring (bicyclic) bond motifs is 1. The Morgan fingerprint density at radius 3 is 2.86 bits per heavy atom. The van der Waals surface area contributed by atoms with Crippen LogP contribution in [0.3, 0.4) is 0 Å². The zero-order chi connectivity index (χ0) is 15.0. The monoisotopic (exact) mass is 314 g/mol. The molecule has 21 heavy (non-hydrogen) atoms. The van der Waals surface area contributed by atoms with E-state index in [0.29, 0.717) is 0 Å².